The molecule has 11 heteroatoms. The van der Waals surface area contributed by atoms with Gasteiger partial charge >= 0.3 is 23.9 Å². The lowest BCUT2D eigenvalue weighted by molar-refractivity contribution is -0.184. The van der Waals surface area contributed by atoms with Crippen LogP contribution in [-0.2, 0) is 28.7 Å². The number of esters is 1. The highest BCUT2D eigenvalue weighted by Gasteiger charge is 2.38. The van der Waals surface area contributed by atoms with Crippen LogP contribution in [0.3, 0.4) is 0 Å². The minimum absolute atomic E-state index is 0.345. The normalized spacial score (nSPS) is 13.1. The maximum atomic E-state index is 10.8. The molecular weight excluding hydrogens is 500 g/mol. The van der Waals surface area contributed by atoms with E-state index in [0.717, 1.165) is 19.8 Å². The summed E-state index contributed by atoms with van der Waals surface area (Å²) >= 11 is 0. The first-order chi connectivity index (χ1) is 18.1. The van der Waals surface area contributed by atoms with Crippen LogP contribution in [0.15, 0.2) is 0 Å². The second kappa shape index (κ2) is 26.4. The van der Waals surface area contributed by atoms with Crippen LogP contribution in [0.25, 0.3) is 0 Å². The Hall–Kier alpha value is -2.24. The Labute approximate surface area is 226 Å². The minimum Gasteiger partial charge on any atom is -0.481 e. The van der Waals surface area contributed by atoms with Crippen molar-refractivity contribution in [3.63, 3.8) is 0 Å². The van der Waals surface area contributed by atoms with Crippen molar-refractivity contribution in [2.75, 3.05) is 13.2 Å². The van der Waals surface area contributed by atoms with E-state index >= 15 is 0 Å². The molecule has 3 atom stereocenters. The van der Waals surface area contributed by atoms with E-state index in [4.69, 9.17) is 25.5 Å². The monoisotopic (exact) mass is 550 g/mol. The molecule has 0 aromatic carbocycles. The number of carbonyl (C=O) groups is 4. The summed E-state index contributed by atoms with van der Waals surface area (Å²) < 4.78 is 8.93. The van der Waals surface area contributed by atoms with Crippen LogP contribution in [0.5, 0.6) is 0 Å². The minimum atomic E-state index is -2.04. The van der Waals surface area contributed by atoms with Gasteiger partial charge in [0.15, 0.2) is 0 Å². The van der Waals surface area contributed by atoms with Crippen LogP contribution >= 0.6 is 0 Å². The number of aliphatic hydroxyl groups is 2. The van der Waals surface area contributed by atoms with Gasteiger partial charge in [0, 0.05) is 13.3 Å². The van der Waals surface area contributed by atoms with Crippen LogP contribution in [-0.4, -0.2) is 80.9 Å². The summed E-state index contributed by atoms with van der Waals surface area (Å²) in [5.74, 6) is -5.01. The molecule has 11 nitrogen and oxygen atoms in total. The molecule has 0 amide bonds. The number of carboxylic acids is 3. The van der Waals surface area contributed by atoms with E-state index < -0.39 is 55.4 Å². The Morgan fingerprint density at radius 3 is 1.37 bits per heavy atom. The molecule has 0 rings (SSSR count). The van der Waals surface area contributed by atoms with Gasteiger partial charge in [-0.15, -0.1) is 0 Å². The Morgan fingerprint density at radius 2 is 1.05 bits per heavy atom. The number of rotatable bonds is 24. The molecule has 0 fully saturated rings. The van der Waals surface area contributed by atoms with Crippen molar-refractivity contribution in [3.05, 3.63) is 0 Å². The quantitative estimate of drug-likeness (QED) is 0.0857. The van der Waals surface area contributed by atoms with E-state index in [-0.39, 0.29) is 0 Å². The standard InChI is InChI=1S/C18H36O2.C9H14O9/c1-2-3-4-5-6-7-8-9-10-11-12-13-14-15-16-17-18(19)20;1-4(11)18-7(9(15)16)6(8(13)14)17-3-5(12)2-10/h2-17H2,1H3,(H,19,20);5-7,10,12H,2-3H2,1H3,(H,13,14)(H,15,16). The average Bonchev–Trinajstić information content (AvgIpc) is 2.85. The van der Waals surface area contributed by atoms with Gasteiger partial charge in [0.1, 0.15) is 6.10 Å². The summed E-state index contributed by atoms with van der Waals surface area (Å²) in [5.41, 5.74) is 0. The summed E-state index contributed by atoms with van der Waals surface area (Å²) in [7, 11) is 0. The Morgan fingerprint density at radius 1 is 0.658 bits per heavy atom. The lowest BCUT2D eigenvalue weighted by atomic mass is 10.0. The number of hydrogen-bond donors (Lipinski definition) is 5. The molecule has 0 aromatic heterocycles. The first-order valence-corrected chi connectivity index (χ1v) is 13.8. The average molecular weight is 551 g/mol. The number of unbranched alkanes of at least 4 members (excludes halogenated alkanes) is 14. The van der Waals surface area contributed by atoms with Crippen LogP contribution in [0.2, 0.25) is 0 Å². The van der Waals surface area contributed by atoms with Gasteiger partial charge in [0.25, 0.3) is 0 Å². The highest BCUT2D eigenvalue weighted by atomic mass is 16.6. The summed E-state index contributed by atoms with van der Waals surface area (Å²) in [6, 6.07) is 0. The largest absolute Gasteiger partial charge is 0.481 e. The van der Waals surface area contributed by atoms with Crippen LogP contribution in [0, 0.1) is 0 Å². The number of carboxylic acid groups (broad SMARTS) is 3. The maximum Gasteiger partial charge on any atom is 0.348 e. The molecule has 0 bridgehead atoms. The van der Waals surface area contributed by atoms with Crippen molar-refractivity contribution >= 4 is 23.9 Å². The summed E-state index contributed by atoms with van der Waals surface area (Å²) in [4.78, 5) is 42.6. The molecular formula is C27H50O11. The molecule has 0 saturated heterocycles. The van der Waals surface area contributed by atoms with Gasteiger partial charge in [-0.3, -0.25) is 9.59 Å². The highest BCUT2D eigenvalue weighted by Crippen LogP contribution is 2.13. The van der Waals surface area contributed by atoms with Gasteiger partial charge in [-0.2, -0.15) is 0 Å². The molecule has 38 heavy (non-hydrogen) atoms. The highest BCUT2D eigenvalue weighted by molar-refractivity contribution is 5.85. The molecule has 0 saturated carbocycles. The second-order valence-electron chi connectivity index (χ2n) is 9.39. The summed E-state index contributed by atoms with van der Waals surface area (Å²) in [5, 5.41) is 43.5. The van der Waals surface area contributed by atoms with Gasteiger partial charge in [-0.25, -0.2) is 9.59 Å². The number of aliphatic carboxylic acids is 3. The summed E-state index contributed by atoms with van der Waals surface area (Å²) in [6.45, 7) is 1.89. The van der Waals surface area contributed by atoms with E-state index in [1.54, 1.807) is 0 Å². The van der Waals surface area contributed by atoms with Crippen LogP contribution in [0.4, 0.5) is 0 Å². The first kappa shape index (κ1) is 37.9. The van der Waals surface area contributed by atoms with Crippen molar-refractivity contribution in [2.45, 2.75) is 135 Å². The zero-order valence-electron chi connectivity index (χ0n) is 23.1. The van der Waals surface area contributed by atoms with Crippen LogP contribution < -0.4 is 0 Å². The fraction of sp³-hybridized carbons (Fsp3) is 0.852. The molecule has 0 aliphatic carbocycles. The first-order valence-electron chi connectivity index (χ1n) is 13.8. The summed E-state index contributed by atoms with van der Waals surface area (Å²) in [6.07, 6.45) is 14.8. The predicted molar refractivity (Wildman–Crippen MR) is 141 cm³/mol. The number of carbonyl (C=O) groups excluding carboxylic acids is 1. The molecule has 0 aliphatic rings. The van der Waals surface area contributed by atoms with E-state index in [0.29, 0.717) is 6.42 Å². The SMILES string of the molecule is CC(=O)OC(C(=O)O)C(OCC(O)CO)C(=O)O.CCCCCCCCCCCCCCCCCC(=O)O. The fourth-order valence-corrected chi connectivity index (χ4v) is 3.62. The lowest BCUT2D eigenvalue weighted by Crippen LogP contribution is -2.45. The third kappa shape index (κ3) is 25.4. The van der Waals surface area contributed by atoms with Crippen molar-refractivity contribution in [3.8, 4) is 0 Å². The van der Waals surface area contributed by atoms with Gasteiger partial charge in [0.05, 0.1) is 13.2 Å². The number of ether oxygens (including phenoxy) is 2. The molecule has 0 aromatic rings. The van der Waals surface area contributed by atoms with Crippen molar-refractivity contribution in [1.82, 2.24) is 0 Å². The van der Waals surface area contributed by atoms with Gasteiger partial charge in [-0.05, 0) is 6.42 Å². The third-order valence-corrected chi connectivity index (χ3v) is 5.73. The molecule has 5 N–H and O–H groups in total. The van der Waals surface area contributed by atoms with Gasteiger partial charge < -0.3 is 35.0 Å². The van der Waals surface area contributed by atoms with Crippen LogP contribution in [0.1, 0.15) is 117 Å². The topological polar surface area (TPSA) is 188 Å². The van der Waals surface area contributed by atoms with E-state index in [2.05, 4.69) is 16.4 Å². The van der Waals surface area contributed by atoms with Crippen molar-refractivity contribution in [2.24, 2.45) is 0 Å². The molecule has 0 spiro atoms. The Balaban J connectivity index is 0. The van der Waals surface area contributed by atoms with E-state index in [1.165, 1.54) is 83.5 Å². The molecule has 0 aliphatic heterocycles. The number of hydrogen-bond acceptors (Lipinski definition) is 8. The molecule has 224 valence electrons. The zero-order valence-corrected chi connectivity index (χ0v) is 23.1. The number of aliphatic hydroxyl groups excluding tert-OH is 2. The lowest BCUT2D eigenvalue weighted by Gasteiger charge is -2.21. The molecule has 0 heterocycles. The maximum absolute atomic E-state index is 10.8. The Bertz CT molecular complexity index is 624. The van der Waals surface area contributed by atoms with Gasteiger partial charge in [0.2, 0.25) is 12.2 Å². The van der Waals surface area contributed by atoms with Gasteiger partial charge in [-0.1, -0.05) is 96.8 Å². The smallest absolute Gasteiger partial charge is 0.348 e. The second-order valence-corrected chi connectivity index (χ2v) is 9.39. The molecule has 0 radical (unpaired) electrons. The molecule has 3 unspecified atom stereocenters. The van der Waals surface area contributed by atoms with Crippen molar-refractivity contribution < 1.29 is 54.2 Å². The van der Waals surface area contributed by atoms with Crippen molar-refractivity contribution in [1.29, 1.82) is 0 Å². The predicted octanol–water partition coefficient (Wildman–Crippen LogP) is 4.16. The van der Waals surface area contributed by atoms with E-state index in [1.807, 2.05) is 0 Å². The fourth-order valence-electron chi connectivity index (χ4n) is 3.62. The Kier molecular flexibility index (Phi) is 26.3. The third-order valence-electron chi connectivity index (χ3n) is 5.73. The zero-order chi connectivity index (χ0) is 29.2. The van der Waals surface area contributed by atoms with E-state index in [9.17, 15) is 19.2 Å².